The van der Waals surface area contributed by atoms with Gasteiger partial charge in [0.2, 0.25) is 0 Å². The minimum absolute atomic E-state index is 0.559. The zero-order chi connectivity index (χ0) is 28.3. The molecular weight excluding hydrogens is 508 g/mol. The molecular formula is C40H28N2. The maximum absolute atomic E-state index is 4.90. The summed E-state index contributed by atoms with van der Waals surface area (Å²) in [6.45, 7) is 8.39. The lowest BCUT2D eigenvalue weighted by Gasteiger charge is -2.37. The lowest BCUT2D eigenvalue weighted by molar-refractivity contribution is 0.767. The van der Waals surface area contributed by atoms with Crippen LogP contribution in [-0.2, 0) is 5.41 Å². The van der Waals surface area contributed by atoms with Crippen LogP contribution in [0.4, 0.5) is 17.2 Å². The van der Waals surface area contributed by atoms with E-state index < -0.39 is 5.41 Å². The number of fused-ring (bicyclic) bond motifs is 6. The molecule has 0 saturated carbocycles. The first-order valence-electron chi connectivity index (χ1n) is 14.3. The maximum Gasteiger partial charge on any atom is 0.137 e. The van der Waals surface area contributed by atoms with E-state index in [1.165, 1.54) is 49.7 Å². The van der Waals surface area contributed by atoms with Crippen LogP contribution in [0, 0.1) is 0 Å². The van der Waals surface area contributed by atoms with Crippen LogP contribution in [0.5, 0.6) is 0 Å². The molecule has 2 heteroatoms. The fourth-order valence-corrected chi connectivity index (χ4v) is 7.33. The van der Waals surface area contributed by atoms with Crippen molar-refractivity contribution in [3.8, 4) is 22.3 Å². The summed E-state index contributed by atoms with van der Waals surface area (Å²) in [6.07, 6.45) is 7.85. The number of hydrogen-bond acceptors (Lipinski definition) is 2. The number of benzene rings is 5. The number of nitrogens with zero attached hydrogens (tertiary/aromatic N) is 2. The molecule has 2 heterocycles. The van der Waals surface area contributed by atoms with Gasteiger partial charge in [0.05, 0.1) is 16.8 Å². The Kier molecular flexibility index (Phi) is 5.38. The third-order valence-electron chi connectivity index (χ3n) is 8.86. The highest BCUT2D eigenvalue weighted by Gasteiger charge is 2.48. The van der Waals surface area contributed by atoms with Crippen LogP contribution in [0.1, 0.15) is 16.7 Å². The Morgan fingerprint density at radius 3 is 2.21 bits per heavy atom. The van der Waals surface area contributed by atoms with Crippen molar-refractivity contribution in [1.82, 2.24) is 4.98 Å². The molecule has 0 radical (unpaired) electrons. The summed E-state index contributed by atoms with van der Waals surface area (Å²) >= 11 is 0. The van der Waals surface area contributed by atoms with Gasteiger partial charge in [-0.15, -0.1) is 0 Å². The van der Waals surface area contributed by atoms with Gasteiger partial charge in [-0.3, -0.25) is 4.90 Å². The Balaban J connectivity index is 1.58. The van der Waals surface area contributed by atoms with Gasteiger partial charge in [0.25, 0.3) is 0 Å². The Bertz CT molecular complexity index is 2070. The maximum atomic E-state index is 4.90. The fraction of sp³-hybridized carbons (Fsp3) is 0.0250. The summed E-state index contributed by atoms with van der Waals surface area (Å²) in [6, 6.07) is 43.6. The fourth-order valence-electron chi connectivity index (χ4n) is 7.33. The van der Waals surface area contributed by atoms with E-state index in [0.29, 0.717) is 0 Å². The average Bonchev–Trinajstić information content (AvgIpc) is 3.36. The third kappa shape index (κ3) is 3.12. The second kappa shape index (κ2) is 9.29. The molecule has 0 amide bonds. The Labute approximate surface area is 246 Å². The summed E-state index contributed by atoms with van der Waals surface area (Å²) in [5.41, 5.74) is 11.4. The number of hydrogen-bond donors (Lipinski definition) is 0. The molecule has 1 aliphatic carbocycles. The molecule has 0 saturated heterocycles. The van der Waals surface area contributed by atoms with Gasteiger partial charge >= 0.3 is 0 Å². The van der Waals surface area contributed by atoms with E-state index in [1.807, 2.05) is 24.4 Å². The van der Waals surface area contributed by atoms with Crippen molar-refractivity contribution >= 4 is 28.0 Å². The van der Waals surface area contributed by atoms with E-state index >= 15 is 0 Å². The quantitative estimate of drug-likeness (QED) is 0.203. The second-order valence-electron chi connectivity index (χ2n) is 10.8. The van der Waals surface area contributed by atoms with Crippen molar-refractivity contribution in [3.05, 3.63) is 181 Å². The van der Waals surface area contributed by atoms with Gasteiger partial charge < -0.3 is 0 Å². The smallest absolute Gasteiger partial charge is 0.137 e. The standard InChI is InChI=1S/C40H28N2/c1-3-14-28(4-2)40(29-17-6-5-7-18-29)33-21-9-8-19-32(33)38-34(40)25-24-31-30-20-12-15-27-16-13-22-35(37(27)30)42(39(31)38)36-23-10-11-26-41-36/h3-26H,1-2H2/b28-14+. The van der Waals surface area contributed by atoms with Gasteiger partial charge in [0.1, 0.15) is 5.82 Å². The normalized spacial score (nSPS) is 16.5. The average molecular weight is 537 g/mol. The first kappa shape index (κ1) is 24.3. The molecule has 1 aromatic heterocycles. The molecule has 198 valence electrons. The molecule has 8 rings (SSSR count). The Morgan fingerprint density at radius 1 is 0.667 bits per heavy atom. The van der Waals surface area contributed by atoms with Crippen molar-refractivity contribution in [1.29, 1.82) is 0 Å². The van der Waals surface area contributed by atoms with Crippen molar-refractivity contribution in [2.45, 2.75) is 5.41 Å². The van der Waals surface area contributed by atoms with Crippen LogP contribution in [0.3, 0.4) is 0 Å². The van der Waals surface area contributed by atoms with Gasteiger partial charge in [-0.1, -0.05) is 135 Å². The monoisotopic (exact) mass is 536 g/mol. The predicted octanol–water partition coefficient (Wildman–Crippen LogP) is 10.3. The van der Waals surface area contributed by atoms with Crippen molar-refractivity contribution in [2.24, 2.45) is 0 Å². The van der Waals surface area contributed by atoms with Crippen LogP contribution >= 0.6 is 0 Å². The van der Waals surface area contributed by atoms with Crippen molar-refractivity contribution in [3.63, 3.8) is 0 Å². The highest BCUT2D eigenvalue weighted by Crippen LogP contribution is 2.63. The van der Waals surface area contributed by atoms with E-state index in [-0.39, 0.29) is 0 Å². The number of aromatic nitrogens is 1. The molecule has 6 aromatic rings. The van der Waals surface area contributed by atoms with Gasteiger partial charge in [-0.2, -0.15) is 0 Å². The molecule has 1 aliphatic heterocycles. The molecule has 1 atom stereocenters. The summed E-state index contributed by atoms with van der Waals surface area (Å²) in [4.78, 5) is 7.27. The number of anilines is 3. The minimum Gasteiger partial charge on any atom is -0.293 e. The molecule has 2 aliphatic rings. The molecule has 0 fully saturated rings. The predicted molar refractivity (Wildman–Crippen MR) is 176 cm³/mol. The SMILES string of the molecule is C=C/C=C(\C=C)C1(c2ccccc2)c2ccccc2-c2c1ccc1c2N(c2ccccn2)c2cccc3cccc-1c23. The van der Waals surface area contributed by atoms with Crippen molar-refractivity contribution in [2.75, 3.05) is 4.90 Å². The summed E-state index contributed by atoms with van der Waals surface area (Å²) in [5, 5.41) is 2.47. The molecule has 1 unspecified atom stereocenters. The van der Waals surface area contributed by atoms with Crippen molar-refractivity contribution < 1.29 is 0 Å². The van der Waals surface area contributed by atoms with Crippen LogP contribution in [0.15, 0.2) is 164 Å². The first-order chi connectivity index (χ1) is 20.8. The summed E-state index contributed by atoms with van der Waals surface area (Å²) in [7, 11) is 0. The van der Waals surface area contributed by atoms with Gasteiger partial charge in [-0.05, 0) is 57.0 Å². The molecule has 0 bridgehead atoms. The third-order valence-corrected chi connectivity index (χ3v) is 8.86. The van der Waals surface area contributed by atoms with Crippen LogP contribution < -0.4 is 4.90 Å². The van der Waals surface area contributed by atoms with E-state index in [2.05, 4.69) is 139 Å². The van der Waals surface area contributed by atoms with E-state index in [9.17, 15) is 0 Å². The molecule has 5 aromatic carbocycles. The van der Waals surface area contributed by atoms with E-state index in [0.717, 1.165) is 22.8 Å². The molecule has 2 nitrogen and oxygen atoms in total. The first-order valence-corrected chi connectivity index (χ1v) is 14.3. The van der Waals surface area contributed by atoms with Gasteiger partial charge in [-0.25, -0.2) is 4.98 Å². The number of rotatable bonds is 5. The minimum atomic E-state index is -0.559. The topological polar surface area (TPSA) is 16.1 Å². The van der Waals surface area contributed by atoms with Crippen LogP contribution in [0.2, 0.25) is 0 Å². The van der Waals surface area contributed by atoms with E-state index in [1.54, 1.807) is 0 Å². The number of pyridine rings is 1. The van der Waals surface area contributed by atoms with Crippen LogP contribution in [-0.4, -0.2) is 4.98 Å². The summed E-state index contributed by atoms with van der Waals surface area (Å²) < 4.78 is 0. The Hall–Kier alpha value is -5.47. The lowest BCUT2D eigenvalue weighted by Crippen LogP contribution is -2.29. The van der Waals surface area contributed by atoms with Gasteiger partial charge in [0, 0.05) is 22.7 Å². The largest absolute Gasteiger partial charge is 0.293 e. The highest BCUT2D eigenvalue weighted by atomic mass is 15.2. The second-order valence-corrected chi connectivity index (χ2v) is 10.8. The lowest BCUT2D eigenvalue weighted by atomic mass is 9.67. The van der Waals surface area contributed by atoms with Crippen LogP contribution in [0.25, 0.3) is 33.0 Å². The number of allylic oxidation sites excluding steroid dienone is 4. The zero-order valence-electron chi connectivity index (χ0n) is 23.2. The summed E-state index contributed by atoms with van der Waals surface area (Å²) in [5.74, 6) is 0.898. The molecule has 0 spiro atoms. The Morgan fingerprint density at radius 2 is 1.43 bits per heavy atom. The highest BCUT2D eigenvalue weighted by molar-refractivity contribution is 6.17. The van der Waals surface area contributed by atoms with Gasteiger partial charge in [0.15, 0.2) is 0 Å². The zero-order valence-corrected chi connectivity index (χ0v) is 23.2. The van der Waals surface area contributed by atoms with E-state index in [4.69, 9.17) is 4.98 Å². The molecule has 0 N–H and O–H groups in total. The molecule has 42 heavy (non-hydrogen) atoms.